The normalized spacial score (nSPS) is 17.6. The zero-order chi connectivity index (χ0) is 19.5. The highest BCUT2D eigenvalue weighted by Crippen LogP contribution is 2.31. The maximum Gasteiger partial charge on any atom is 0.293 e. The van der Waals surface area contributed by atoms with E-state index in [0.29, 0.717) is 42.3 Å². The van der Waals surface area contributed by atoms with Crippen LogP contribution < -0.4 is 0 Å². The first kappa shape index (κ1) is 19.0. The number of halogens is 1. The number of amides is 2. The largest absolute Gasteiger partial charge is 0.350 e. The van der Waals surface area contributed by atoms with E-state index >= 15 is 0 Å². The van der Waals surface area contributed by atoms with Gasteiger partial charge in [-0.15, -0.1) is 0 Å². The lowest BCUT2D eigenvalue weighted by atomic mass is 10.0. The minimum Gasteiger partial charge on any atom is -0.350 e. The summed E-state index contributed by atoms with van der Waals surface area (Å²) in [5.41, 5.74) is 1.40. The van der Waals surface area contributed by atoms with E-state index in [1.165, 1.54) is 0 Å². The maximum absolute atomic E-state index is 13.1. The summed E-state index contributed by atoms with van der Waals surface area (Å²) in [6, 6.07) is 7.09. The van der Waals surface area contributed by atoms with Crippen molar-refractivity contribution in [2.24, 2.45) is 0 Å². The number of carbonyl (C=O) groups excluding carboxylic acids is 2. The molecule has 2 aliphatic heterocycles. The molecule has 0 bridgehead atoms. The van der Waals surface area contributed by atoms with Crippen molar-refractivity contribution in [3.63, 3.8) is 0 Å². The van der Waals surface area contributed by atoms with Crippen LogP contribution in [0.15, 0.2) is 28.8 Å². The molecule has 6 nitrogen and oxygen atoms in total. The molecule has 2 amide bonds. The number of hydrogen-bond donors (Lipinski definition) is 0. The summed E-state index contributed by atoms with van der Waals surface area (Å²) in [5, 5.41) is 4.65. The van der Waals surface area contributed by atoms with Crippen LogP contribution in [0, 0.1) is 0 Å². The van der Waals surface area contributed by atoms with Crippen molar-refractivity contribution in [2.45, 2.75) is 38.5 Å². The number of carbonyl (C=O) groups is 2. The first-order chi connectivity index (χ1) is 13.6. The number of likely N-dealkylation sites (tertiary alicyclic amines) is 2. The molecule has 2 aromatic rings. The number of rotatable bonds is 3. The Morgan fingerprint density at radius 2 is 1.36 bits per heavy atom. The van der Waals surface area contributed by atoms with Gasteiger partial charge in [-0.2, -0.15) is 0 Å². The fourth-order valence-corrected chi connectivity index (χ4v) is 4.08. The molecule has 2 fully saturated rings. The van der Waals surface area contributed by atoms with Gasteiger partial charge in [0.15, 0.2) is 5.69 Å². The molecule has 148 valence electrons. The standard InChI is InChI=1S/C21H24ClN3O3/c22-16-9-7-15(8-10-16)17-18(20(26)24-11-3-1-4-12-24)23-28-19(17)21(27)25-13-5-2-6-14-25/h7-10H,1-6,11-14H2. The van der Waals surface area contributed by atoms with Gasteiger partial charge in [-0.1, -0.05) is 28.9 Å². The van der Waals surface area contributed by atoms with E-state index in [1.54, 1.807) is 34.1 Å². The summed E-state index contributed by atoms with van der Waals surface area (Å²) in [5.74, 6) is -0.231. The molecule has 0 aliphatic carbocycles. The van der Waals surface area contributed by atoms with Gasteiger partial charge in [0.2, 0.25) is 5.76 Å². The Labute approximate surface area is 169 Å². The van der Waals surface area contributed by atoms with Gasteiger partial charge in [0.05, 0.1) is 5.56 Å². The van der Waals surface area contributed by atoms with Crippen molar-refractivity contribution in [3.05, 3.63) is 40.7 Å². The predicted octanol–water partition coefficient (Wildman–Crippen LogP) is 4.25. The smallest absolute Gasteiger partial charge is 0.293 e. The summed E-state index contributed by atoms with van der Waals surface area (Å²) in [4.78, 5) is 29.8. The fraction of sp³-hybridized carbons (Fsp3) is 0.476. The molecule has 4 rings (SSSR count). The molecule has 28 heavy (non-hydrogen) atoms. The summed E-state index contributed by atoms with van der Waals surface area (Å²) in [7, 11) is 0. The molecule has 3 heterocycles. The molecule has 0 atom stereocenters. The van der Waals surface area contributed by atoms with E-state index in [9.17, 15) is 9.59 Å². The van der Waals surface area contributed by atoms with Gasteiger partial charge >= 0.3 is 0 Å². The van der Waals surface area contributed by atoms with Crippen LogP contribution in [-0.2, 0) is 0 Å². The third kappa shape index (κ3) is 3.78. The molecule has 0 spiro atoms. The van der Waals surface area contributed by atoms with Crippen LogP contribution in [0.3, 0.4) is 0 Å². The van der Waals surface area contributed by atoms with Gasteiger partial charge in [0.25, 0.3) is 11.8 Å². The Morgan fingerprint density at radius 3 is 1.93 bits per heavy atom. The average Bonchev–Trinajstić information content (AvgIpc) is 3.19. The van der Waals surface area contributed by atoms with Crippen molar-refractivity contribution in [1.82, 2.24) is 15.0 Å². The number of nitrogens with zero attached hydrogens (tertiary/aromatic N) is 3. The minimum atomic E-state index is -0.199. The molecular formula is C21H24ClN3O3. The van der Waals surface area contributed by atoms with Gasteiger partial charge in [0.1, 0.15) is 0 Å². The van der Waals surface area contributed by atoms with Crippen LogP contribution >= 0.6 is 11.6 Å². The Balaban J connectivity index is 1.73. The molecule has 0 radical (unpaired) electrons. The lowest BCUT2D eigenvalue weighted by Crippen LogP contribution is -2.36. The Morgan fingerprint density at radius 1 is 0.821 bits per heavy atom. The lowest BCUT2D eigenvalue weighted by molar-refractivity contribution is 0.0675. The highest BCUT2D eigenvalue weighted by Gasteiger charge is 2.33. The topological polar surface area (TPSA) is 66.7 Å². The van der Waals surface area contributed by atoms with Crippen molar-refractivity contribution in [2.75, 3.05) is 26.2 Å². The second-order valence-electron chi connectivity index (χ2n) is 7.45. The summed E-state index contributed by atoms with van der Waals surface area (Å²) >= 11 is 6.03. The molecule has 0 unspecified atom stereocenters. The van der Waals surface area contributed by atoms with E-state index in [-0.39, 0.29) is 23.3 Å². The van der Waals surface area contributed by atoms with Crippen molar-refractivity contribution in [3.8, 4) is 11.1 Å². The number of hydrogen-bond acceptors (Lipinski definition) is 4. The van der Waals surface area contributed by atoms with E-state index in [1.807, 2.05) is 0 Å². The van der Waals surface area contributed by atoms with E-state index < -0.39 is 0 Å². The second kappa shape index (κ2) is 8.35. The highest BCUT2D eigenvalue weighted by atomic mass is 35.5. The Bertz CT molecular complexity index is 803. The van der Waals surface area contributed by atoms with Crippen LogP contribution in [-0.4, -0.2) is 52.9 Å². The van der Waals surface area contributed by atoms with Crippen LogP contribution in [0.2, 0.25) is 5.02 Å². The zero-order valence-electron chi connectivity index (χ0n) is 15.8. The van der Waals surface area contributed by atoms with Gasteiger partial charge in [-0.25, -0.2) is 0 Å². The van der Waals surface area contributed by atoms with E-state index in [0.717, 1.165) is 38.5 Å². The third-order valence-corrected chi connectivity index (χ3v) is 5.76. The van der Waals surface area contributed by atoms with Crippen molar-refractivity contribution >= 4 is 23.4 Å². The summed E-state index contributed by atoms with van der Waals surface area (Å²) in [6.45, 7) is 2.83. The SMILES string of the molecule is O=C(c1noc(C(=O)N2CCCCC2)c1-c1ccc(Cl)cc1)N1CCCCC1. The summed E-state index contributed by atoms with van der Waals surface area (Å²) < 4.78 is 5.49. The molecule has 0 N–H and O–H groups in total. The second-order valence-corrected chi connectivity index (χ2v) is 7.88. The van der Waals surface area contributed by atoms with Crippen molar-refractivity contribution in [1.29, 1.82) is 0 Å². The number of benzene rings is 1. The van der Waals surface area contributed by atoms with Gasteiger partial charge in [0, 0.05) is 31.2 Å². The summed E-state index contributed by atoms with van der Waals surface area (Å²) in [6.07, 6.45) is 6.19. The molecule has 0 saturated carbocycles. The van der Waals surface area contributed by atoms with Crippen LogP contribution in [0.25, 0.3) is 11.1 Å². The fourth-order valence-electron chi connectivity index (χ4n) is 3.95. The molecule has 7 heteroatoms. The molecule has 1 aromatic carbocycles. The average molecular weight is 402 g/mol. The highest BCUT2D eigenvalue weighted by molar-refractivity contribution is 6.30. The van der Waals surface area contributed by atoms with Gasteiger partial charge in [-0.3, -0.25) is 9.59 Å². The monoisotopic (exact) mass is 401 g/mol. The molecule has 1 aromatic heterocycles. The minimum absolute atomic E-state index is 0.143. The maximum atomic E-state index is 13.1. The third-order valence-electron chi connectivity index (χ3n) is 5.51. The first-order valence-electron chi connectivity index (χ1n) is 9.99. The molecule has 2 aliphatic rings. The van der Waals surface area contributed by atoms with Crippen LogP contribution in [0.5, 0.6) is 0 Å². The van der Waals surface area contributed by atoms with E-state index in [4.69, 9.17) is 16.1 Å². The zero-order valence-corrected chi connectivity index (χ0v) is 16.6. The Hall–Kier alpha value is -2.34. The number of aromatic nitrogens is 1. The van der Waals surface area contributed by atoms with Crippen LogP contribution in [0.1, 0.15) is 59.6 Å². The van der Waals surface area contributed by atoms with Gasteiger partial charge < -0.3 is 14.3 Å². The van der Waals surface area contributed by atoms with E-state index in [2.05, 4.69) is 5.16 Å². The lowest BCUT2D eigenvalue weighted by Gasteiger charge is -2.26. The van der Waals surface area contributed by atoms with Crippen molar-refractivity contribution < 1.29 is 14.1 Å². The quantitative estimate of drug-likeness (QED) is 0.771. The predicted molar refractivity (Wildman–Crippen MR) is 106 cm³/mol. The van der Waals surface area contributed by atoms with Crippen LogP contribution in [0.4, 0.5) is 0 Å². The molecule has 2 saturated heterocycles. The first-order valence-corrected chi connectivity index (χ1v) is 10.4. The van der Waals surface area contributed by atoms with Gasteiger partial charge in [-0.05, 0) is 56.2 Å². The number of piperidine rings is 2. The molecular weight excluding hydrogens is 378 g/mol. The Kier molecular flexibility index (Phi) is 5.67.